The molecule has 0 atom stereocenters. The molecule has 0 amide bonds. The number of sulfonamides is 1. The highest BCUT2D eigenvalue weighted by Gasteiger charge is 2.17. The van der Waals surface area contributed by atoms with Crippen LogP contribution in [-0.4, -0.2) is 8.42 Å². The van der Waals surface area contributed by atoms with Gasteiger partial charge in [-0.15, -0.1) is 0 Å². The zero-order chi connectivity index (χ0) is 14.9. The molecule has 0 aromatic heterocycles. The van der Waals surface area contributed by atoms with Crippen molar-refractivity contribution in [2.24, 2.45) is 0 Å². The highest BCUT2D eigenvalue weighted by atomic mass is 79.9. The molecular weight excluding hydrogens is 408 g/mol. The molecule has 2 aromatic carbocycles. The molecule has 3 nitrogen and oxygen atoms in total. The van der Waals surface area contributed by atoms with E-state index in [4.69, 9.17) is 34.8 Å². The van der Waals surface area contributed by atoms with Crippen LogP contribution in [0.1, 0.15) is 0 Å². The Bertz CT molecular complexity index is 765. The molecule has 0 unspecified atom stereocenters. The van der Waals surface area contributed by atoms with E-state index in [-0.39, 0.29) is 25.7 Å². The molecule has 106 valence electrons. The van der Waals surface area contributed by atoms with Crippen molar-refractivity contribution in [3.8, 4) is 0 Å². The summed E-state index contributed by atoms with van der Waals surface area (Å²) in [5.41, 5.74) is 0.168. The van der Waals surface area contributed by atoms with Crippen molar-refractivity contribution >= 4 is 66.4 Å². The lowest BCUT2D eigenvalue weighted by atomic mass is 10.3. The Morgan fingerprint density at radius 3 is 2.25 bits per heavy atom. The van der Waals surface area contributed by atoms with Crippen LogP contribution in [0.5, 0.6) is 0 Å². The average molecular weight is 416 g/mol. The van der Waals surface area contributed by atoms with Crippen molar-refractivity contribution in [1.29, 1.82) is 0 Å². The van der Waals surface area contributed by atoms with E-state index in [1.165, 1.54) is 24.3 Å². The first-order chi connectivity index (χ1) is 9.29. The van der Waals surface area contributed by atoms with Gasteiger partial charge in [0, 0.05) is 4.47 Å². The minimum Gasteiger partial charge on any atom is -0.278 e. The summed E-state index contributed by atoms with van der Waals surface area (Å²) in [5.74, 6) is 0. The zero-order valence-electron chi connectivity index (χ0n) is 9.70. The maximum Gasteiger partial charge on any atom is 0.261 e. The van der Waals surface area contributed by atoms with Gasteiger partial charge in [-0.1, -0.05) is 56.8 Å². The maximum atomic E-state index is 12.2. The van der Waals surface area contributed by atoms with Gasteiger partial charge in [-0.25, -0.2) is 8.42 Å². The second-order valence-electron chi connectivity index (χ2n) is 3.81. The number of rotatable bonds is 3. The fourth-order valence-corrected chi connectivity index (χ4v) is 3.76. The van der Waals surface area contributed by atoms with E-state index >= 15 is 0 Å². The van der Waals surface area contributed by atoms with Gasteiger partial charge < -0.3 is 0 Å². The first-order valence-electron chi connectivity index (χ1n) is 5.22. The van der Waals surface area contributed by atoms with Crippen molar-refractivity contribution in [2.75, 3.05) is 4.72 Å². The highest BCUT2D eigenvalue weighted by Crippen LogP contribution is 2.33. The van der Waals surface area contributed by atoms with Gasteiger partial charge in [0.2, 0.25) is 0 Å². The van der Waals surface area contributed by atoms with Crippen molar-refractivity contribution in [3.63, 3.8) is 0 Å². The summed E-state index contributed by atoms with van der Waals surface area (Å²) >= 11 is 20.8. The second kappa shape index (κ2) is 6.12. The predicted molar refractivity (Wildman–Crippen MR) is 86.4 cm³/mol. The number of nitrogens with one attached hydrogen (secondary N) is 1. The lowest BCUT2D eigenvalue weighted by Crippen LogP contribution is -2.13. The van der Waals surface area contributed by atoms with Gasteiger partial charge in [0.25, 0.3) is 10.0 Å². The average Bonchev–Trinajstić information content (AvgIpc) is 2.36. The van der Waals surface area contributed by atoms with Gasteiger partial charge >= 0.3 is 0 Å². The normalized spacial score (nSPS) is 11.4. The van der Waals surface area contributed by atoms with E-state index in [2.05, 4.69) is 20.7 Å². The molecule has 0 aliphatic heterocycles. The summed E-state index contributed by atoms with van der Waals surface area (Å²) in [5, 5.41) is 0.628. The van der Waals surface area contributed by atoms with Crippen LogP contribution in [0.25, 0.3) is 0 Å². The largest absolute Gasteiger partial charge is 0.278 e. The fraction of sp³-hybridized carbons (Fsp3) is 0. The zero-order valence-corrected chi connectivity index (χ0v) is 14.4. The van der Waals surface area contributed by atoms with Crippen LogP contribution in [-0.2, 0) is 10.0 Å². The molecule has 0 spiro atoms. The Labute approximate surface area is 140 Å². The monoisotopic (exact) mass is 413 g/mol. The number of halogens is 4. The van der Waals surface area contributed by atoms with Gasteiger partial charge in [0.15, 0.2) is 0 Å². The summed E-state index contributed by atoms with van der Waals surface area (Å²) in [7, 11) is -3.75. The van der Waals surface area contributed by atoms with E-state index in [9.17, 15) is 8.42 Å². The van der Waals surface area contributed by atoms with Crippen LogP contribution in [0.4, 0.5) is 5.69 Å². The fourth-order valence-electron chi connectivity index (χ4n) is 1.44. The van der Waals surface area contributed by atoms with Crippen molar-refractivity contribution < 1.29 is 8.42 Å². The number of hydrogen-bond acceptors (Lipinski definition) is 2. The van der Waals surface area contributed by atoms with Crippen molar-refractivity contribution in [2.45, 2.75) is 4.90 Å². The van der Waals surface area contributed by atoms with Crippen LogP contribution < -0.4 is 4.72 Å². The molecule has 0 saturated carbocycles. The second-order valence-corrected chi connectivity index (χ2v) is 7.63. The number of anilines is 1. The van der Waals surface area contributed by atoms with Gasteiger partial charge in [-0.3, -0.25) is 4.72 Å². The van der Waals surface area contributed by atoms with E-state index in [1.54, 1.807) is 12.1 Å². The molecule has 2 aromatic rings. The van der Waals surface area contributed by atoms with Crippen molar-refractivity contribution in [1.82, 2.24) is 0 Å². The molecule has 0 heterocycles. The smallest absolute Gasteiger partial charge is 0.261 e. The minimum absolute atomic E-state index is 0.106. The Balaban J connectivity index is 2.41. The Morgan fingerprint density at radius 1 is 0.950 bits per heavy atom. The molecule has 2 rings (SSSR count). The summed E-state index contributed by atoms with van der Waals surface area (Å²) in [6, 6.07) is 9.04. The lowest BCUT2D eigenvalue weighted by molar-refractivity contribution is 0.601. The number of hydrogen-bond donors (Lipinski definition) is 1. The summed E-state index contributed by atoms with van der Waals surface area (Å²) < 4.78 is 27.5. The van der Waals surface area contributed by atoms with Crippen LogP contribution in [0.15, 0.2) is 45.8 Å². The topological polar surface area (TPSA) is 46.2 Å². The van der Waals surface area contributed by atoms with Crippen LogP contribution >= 0.6 is 50.7 Å². The quantitative estimate of drug-likeness (QED) is 0.700. The molecule has 0 radical (unpaired) electrons. The Hall–Kier alpha value is -0.460. The predicted octanol–water partition coefficient (Wildman–Crippen LogP) is 5.21. The molecule has 1 N–H and O–H groups in total. The molecule has 20 heavy (non-hydrogen) atoms. The third-order valence-electron chi connectivity index (χ3n) is 2.36. The Morgan fingerprint density at radius 2 is 1.60 bits per heavy atom. The minimum atomic E-state index is -3.75. The molecule has 0 bridgehead atoms. The van der Waals surface area contributed by atoms with E-state index in [0.29, 0.717) is 4.47 Å². The van der Waals surface area contributed by atoms with Crippen LogP contribution in [0, 0.1) is 0 Å². The third kappa shape index (κ3) is 3.59. The first kappa shape index (κ1) is 15.9. The van der Waals surface area contributed by atoms with E-state index in [1.807, 2.05) is 0 Å². The Kier molecular flexibility index (Phi) is 4.87. The standard InChI is InChI=1S/C12H7BrCl3NO2S/c13-7-2-1-3-8(4-7)20(18,19)17-12-6-10(15)9(14)5-11(12)16/h1-6,17H. The van der Waals surface area contributed by atoms with Crippen LogP contribution in [0.3, 0.4) is 0 Å². The van der Waals surface area contributed by atoms with Gasteiger partial charge in [0.05, 0.1) is 25.7 Å². The van der Waals surface area contributed by atoms with Gasteiger partial charge in [-0.2, -0.15) is 0 Å². The molecule has 0 fully saturated rings. The van der Waals surface area contributed by atoms with Crippen molar-refractivity contribution in [3.05, 3.63) is 55.9 Å². The SMILES string of the molecule is O=S(=O)(Nc1cc(Cl)c(Cl)cc1Cl)c1cccc(Br)c1. The first-order valence-corrected chi connectivity index (χ1v) is 8.63. The molecule has 0 aliphatic rings. The van der Waals surface area contributed by atoms with E-state index in [0.717, 1.165) is 0 Å². The van der Waals surface area contributed by atoms with Crippen LogP contribution in [0.2, 0.25) is 15.1 Å². The van der Waals surface area contributed by atoms with Gasteiger partial charge in [0.1, 0.15) is 0 Å². The summed E-state index contributed by atoms with van der Waals surface area (Å²) in [6.45, 7) is 0. The molecule has 8 heteroatoms. The summed E-state index contributed by atoms with van der Waals surface area (Å²) in [4.78, 5) is 0.106. The molecule has 0 saturated heterocycles. The lowest BCUT2D eigenvalue weighted by Gasteiger charge is -2.11. The summed E-state index contributed by atoms with van der Waals surface area (Å²) in [6.07, 6.45) is 0. The third-order valence-corrected chi connectivity index (χ3v) is 5.25. The molecular formula is C12H7BrCl3NO2S. The highest BCUT2D eigenvalue weighted by molar-refractivity contribution is 9.10. The molecule has 0 aliphatic carbocycles. The van der Waals surface area contributed by atoms with E-state index < -0.39 is 10.0 Å². The number of benzene rings is 2. The maximum absolute atomic E-state index is 12.2. The van der Waals surface area contributed by atoms with Gasteiger partial charge in [-0.05, 0) is 30.3 Å².